The molecule has 4 atom stereocenters. The minimum Gasteiger partial charge on any atom is -0.388 e. The van der Waals surface area contributed by atoms with E-state index in [4.69, 9.17) is 16.3 Å². The van der Waals surface area contributed by atoms with Crippen LogP contribution in [0.1, 0.15) is 17.4 Å². The first-order valence-corrected chi connectivity index (χ1v) is 9.01. The van der Waals surface area contributed by atoms with Crippen LogP contribution in [-0.4, -0.2) is 44.8 Å². The Morgan fingerprint density at radius 2 is 1.89 bits per heavy atom. The molecule has 0 saturated carbocycles. The third-order valence-electron chi connectivity index (χ3n) is 4.92. The second-order valence-corrected chi connectivity index (χ2v) is 7.18. The fourth-order valence-electron chi connectivity index (χ4n) is 3.59. The summed E-state index contributed by atoms with van der Waals surface area (Å²) in [5, 5.41) is 31.4. The van der Waals surface area contributed by atoms with Gasteiger partial charge in [0, 0.05) is 11.6 Å². The van der Waals surface area contributed by atoms with Gasteiger partial charge in [0.25, 0.3) is 0 Å². The Hall–Kier alpha value is -1.96. The molecular formula is C20H19ClFNO4. The van der Waals surface area contributed by atoms with Gasteiger partial charge in [-0.2, -0.15) is 0 Å². The van der Waals surface area contributed by atoms with E-state index in [-0.39, 0.29) is 12.4 Å². The van der Waals surface area contributed by atoms with Crippen LogP contribution in [0, 0.1) is 5.82 Å². The van der Waals surface area contributed by atoms with Crippen molar-refractivity contribution in [2.45, 2.75) is 31.0 Å². The maximum atomic E-state index is 13.6. The predicted molar refractivity (Wildman–Crippen MR) is 99.2 cm³/mol. The molecule has 1 saturated heterocycles. The number of benzene rings is 2. The zero-order valence-corrected chi connectivity index (χ0v) is 15.1. The number of aromatic nitrogens is 1. The van der Waals surface area contributed by atoms with Crippen molar-refractivity contribution in [2.75, 3.05) is 6.61 Å². The van der Waals surface area contributed by atoms with E-state index in [0.29, 0.717) is 11.4 Å². The van der Waals surface area contributed by atoms with Crippen LogP contribution < -0.4 is 0 Å². The van der Waals surface area contributed by atoms with Gasteiger partial charge in [0.2, 0.25) is 0 Å². The first kappa shape index (κ1) is 18.4. The minimum absolute atomic E-state index is 0.0949. The van der Waals surface area contributed by atoms with Gasteiger partial charge in [0.15, 0.2) is 6.23 Å². The monoisotopic (exact) mass is 391 g/mol. The molecule has 1 aromatic heterocycles. The average Bonchev–Trinajstić information content (AvgIpc) is 2.99. The van der Waals surface area contributed by atoms with E-state index in [1.54, 1.807) is 29.0 Å². The van der Waals surface area contributed by atoms with E-state index < -0.39 is 24.5 Å². The van der Waals surface area contributed by atoms with Crippen LogP contribution in [0.3, 0.4) is 0 Å². The number of ether oxygens (including phenoxy) is 1. The molecule has 3 N–H and O–H groups in total. The van der Waals surface area contributed by atoms with Gasteiger partial charge in [-0.25, -0.2) is 4.39 Å². The number of nitrogens with zero attached hydrogens (tertiary/aromatic N) is 1. The average molecular weight is 392 g/mol. The van der Waals surface area contributed by atoms with Crippen molar-refractivity contribution in [3.63, 3.8) is 0 Å². The molecule has 0 amide bonds. The van der Waals surface area contributed by atoms with Crippen molar-refractivity contribution in [1.82, 2.24) is 4.57 Å². The van der Waals surface area contributed by atoms with Gasteiger partial charge in [-0.05, 0) is 41.8 Å². The highest BCUT2D eigenvalue weighted by atomic mass is 35.5. The molecule has 2 heterocycles. The highest BCUT2D eigenvalue weighted by Crippen LogP contribution is 2.35. The van der Waals surface area contributed by atoms with E-state index in [1.807, 2.05) is 12.1 Å². The zero-order chi connectivity index (χ0) is 19.1. The molecule has 1 fully saturated rings. The molecule has 2 aromatic carbocycles. The summed E-state index contributed by atoms with van der Waals surface area (Å²) in [7, 11) is 0. The Morgan fingerprint density at radius 1 is 1.11 bits per heavy atom. The first-order valence-electron chi connectivity index (χ1n) is 8.64. The van der Waals surface area contributed by atoms with Crippen molar-refractivity contribution in [1.29, 1.82) is 0 Å². The number of halogens is 2. The van der Waals surface area contributed by atoms with Gasteiger partial charge < -0.3 is 24.6 Å². The summed E-state index contributed by atoms with van der Waals surface area (Å²) in [5.41, 5.74) is 2.36. The molecule has 0 spiro atoms. The Balaban J connectivity index is 1.79. The summed E-state index contributed by atoms with van der Waals surface area (Å²) in [5.74, 6) is -0.314. The molecule has 1 aliphatic rings. The standard InChI is InChI=1S/C20H19ClFNO4/c21-14-5-2-6-15-17(14)12(7-11-3-1-4-13(22)8-11)9-23(15)20-19(26)18(25)16(24)10-27-20/h1-6,8-9,16,18-20,24-26H,7,10H2/t16-,18+,19-,20-/m1/s1. The second-order valence-electron chi connectivity index (χ2n) is 6.77. The van der Waals surface area contributed by atoms with Crippen LogP contribution in [-0.2, 0) is 11.2 Å². The quantitative estimate of drug-likeness (QED) is 0.641. The zero-order valence-electron chi connectivity index (χ0n) is 14.3. The molecule has 0 radical (unpaired) electrons. The third-order valence-corrected chi connectivity index (χ3v) is 5.23. The SMILES string of the molecule is O[C@@H]1[C@@H](O)[C@H](n2cc(Cc3cccc(F)c3)c3c(Cl)cccc32)OC[C@H]1O. The van der Waals surface area contributed by atoms with Crippen molar-refractivity contribution in [3.05, 3.63) is 70.6 Å². The molecule has 0 aliphatic carbocycles. The van der Waals surface area contributed by atoms with Crippen LogP contribution in [0.25, 0.3) is 10.9 Å². The molecule has 5 nitrogen and oxygen atoms in total. The van der Waals surface area contributed by atoms with Gasteiger partial charge in [-0.3, -0.25) is 0 Å². The van der Waals surface area contributed by atoms with Crippen molar-refractivity contribution in [2.24, 2.45) is 0 Å². The lowest BCUT2D eigenvalue weighted by atomic mass is 10.0. The smallest absolute Gasteiger partial charge is 0.162 e. The van der Waals surface area contributed by atoms with Crippen LogP contribution in [0.15, 0.2) is 48.7 Å². The number of fused-ring (bicyclic) bond motifs is 1. The minimum atomic E-state index is -1.31. The van der Waals surface area contributed by atoms with Crippen LogP contribution in [0.5, 0.6) is 0 Å². The summed E-state index contributed by atoms with van der Waals surface area (Å²) in [4.78, 5) is 0. The van der Waals surface area contributed by atoms with Crippen molar-refractivity contribution >= 4 is 22.5 Å². The first-order chi connectivity index (χ1) is 13.0. The molecule has 1 aliphatic heterocycles. The number of aliphatic hydroxyl groups is 3. The topological polar surface area (TPSA) is 74.9 Å². The van der Waals surface area contributed by atoms with E-state index in [1.165, 1.54) is 12.1 Å². The van der Waals surface area contributed by atoms with Crippen LogP contribution in [0.4, 0.5) is 4.39 Å². The molecule has 4 rings (SSSR count). The van der Waals surface area contributed by atoms with Gasteiger partial charge in [0.1, 0.15) is 24.1 Å². The Kier molecular flexibility index (Phi) is 4.92. The summed E-state index contributed by atoms with van der Waals surface area (Å²) in [6.45, 7) is -0.0949. The number of hydrogen-bond acceptors (Lipinski definition) is 4. The third kappa shape index (κ3) is 3.35. The van der Waals surface area contributed by atoms with Gasteiger partial charge in [-0.1, -0.05) is 29.8 Å². The predicted octanol–water partition coefficient (Wildman–Crippen LogP) is 2.64. The van der Waals surface area contributed by atoms with E-state index in [2.05, 4.69) is 0 Å². The van der Waals surface area contributed by atoms with E-state index >= 15 is 0 Å². The molecule has 0 unspecified atom stereocenters. The fraction of sp³-hybridized carbons (Fsp3) is 0.300. The van der Waals surface area contributed by atoms with Crippen molar-refractivity contribution in [3.8, 4) is 0 Å². The van der Waals surface area contributed by atoms with Crippen LogP contribution in [0.2, 0.25) is 5.02 Å². The van der Waals surface area contributed by atoms with Gasteiger partial charge in [0.05, 0.1) is 17.1 Å². The highest BCUT2D eigenvalue weighted by Gasteiger charge is 2.39. The highest BCUT2D eigenvalue weighted by molar-refractivity contribution is 6.35. The molecule has 0 bridgehead atoms. The molecule has 27 heavy (non-hydrogen) atoms. The normalized spacial score (nSPS) is 25.8. The summed E-state index contributed by atoms with van der Waals surface area (Å²) in [6.07, 6.45) is -2.39. The summed E-state index contributed by atoms with van der Waals surface area (Å²) >= 11 is 6.42. The number of hydrogen-bond donors (Lipinski definition) is 3. The van der Waals surface area contributed by atoms with Gasteiger partial charge in [-0.15, -0.1) is 0 Å². The maximum absolute atomic E-state index is 13.6. The van der Waals surface area contributed by atoms with Gasteiger partial charge >= 0.3 is 0 Å². The van der Waals surface area contributed by atoms with Crippen molar-refractivity contribution < 1.29 is 24.4 Å². The van der Waals surface area contributed by atoms with E-state index in [9.17, 15) is 19.7 Å². The summed E-state index contributed by atoms with van der Waals surface area (Å²) in [6, 6.07) is 11.7. The fourth-order valence-corrected chi connectivity index (χ4v) is 3.89. The summed E-state index contributed by atoms with van der Waals surface area (Å²) < 4.78 is 20.8. The largest absolute Gasteiger partial charge is 0.388 e. The second kappa shape index (κ2) is 7.22. The Morgan fingerprint density at radius 3 is 2.67 bits per heavy atom. The lowest BCUT2D eigenvalue weighted by Crippen LogP contribution is -2.50. The molecule has 3 aromatic rings. The lowest BCUT2D eigenvalue weighted by Gasteiger charge is -2.36. The number of aliphatic hydroxyl groups excluding tert-OH is 3. The molecule has 7 heteroatoms. The number of rotatable bonds is 3. The lowest BCUT2D eigenvalue weighted by molar-refractivity contribution is -0.209. The molecule has 142 valence electrons. The maximum Gasteiger partial charge on any atom is 0.162 e. The van der Waals surface area contributed by atoms with Crippen LogP contribution >= 0.6 is 11.6 Å². The Labute approximate surface area is 160 Å². The molecular weight excluding hydrogens is 373 g/mol. The Bertz CT molecular complexity index is 976. The van der Waals surface area contributed by atoms with E-state index in [0.717, 1.165) is 22.0 Å².